The Morgan fingerprint density at radius 1 is 0.705 bits per heavy atom. The van der Waals surface area contributed by atoms with Gasteiger partial charge in [-0.15, -0.1) is 0 Å². The van der Waals surface area contributed by atoms with Gasteiger partial charge in [-0.2, -0.15) is 0 Å². The van der Waals surface area contributed by atoms with Gasteiger partial charge in [0.1, 0.15) is 30.0 Å². The van der Waals surface area contributed by atoms with Crippen LogP contribution in [0, 0.1) is 22.6 Å². The van der Waals surface area contributed by atoms with Gasteiger partial charge in [0.05, 0.1) is 18.1 Å². The second-order valence-electron chi connectivity index (χ2n) is 23.8. The fraction of sp³-hybridized carbons (Fsp3) is 0.500. The van der Waals surface area contributed by atoms with E-state index in [4.69, 9.17) is 0 Å². The van der Waals surface area contributed by atoms with Crippen LogP contribution in [0.4, 0.5) is 4.39 Å². The summed E-state index contributed by atoms with van der Waals surface area (Å²) < 4.78 is 15.7. The summed E-state index contributed by atoms with van der Waals surface area (Å²) in [6, 6.07) is 22.5. The molecule has 2 heterocycles. The minimum atomic E-state index is -1.01. The van der Waals surface area contributed by atoms with E-state index in [9.17, 15) is 28.8 Å². The molecule has 0 saturated carbocycles. The van der Waals surface area contributed by atoms with Gasteiger partial charge < -0.3 is 41.3 Å². The molecule has 0 bridgehead atoms. The van der Waals surface area contributed by atoms with Crippen molar-refractivity contribution in [3.63, 3.8) is 0 Å². The summed E-state index contributed by atoms with van der Waals surface area (Å²) in [6.45, 7) is 18.5. The van der Waals surface area contributed by atoms with Crippen LogP contribution in [0.1, 0.15) is 151 Å². The molecule has 3 aliphatic rings. The molecule has 1 saturated heterocycles. The van der Waals surface area contributed by atoms with Crippen LogP contribution in [-0.4, -0.2) is 106 Å². The van der Waals surface area contributed by atoms with E-state index in [2.05, 4.69) is 32.7 Å². The average molecular weight is 1070 g/mol. The van der Waals surface area contributed by atoms with Gasteiger partial charge in [0.25, 0.3) is 5.91 Å². The van der Waals surface area contributed by atoms with Crippen molar-refractivity contribution in [2.45, 2.75) is 169 Å². The predicted octanol–water partition coefficient (Wildman–Crippen LogP) is 7.48. The molecule has 2 aliphatic heterocycles. The number of amides is 7. The van der Waals surface area contributed by atoms with E-state index in [0.29, 0.717) is 12.0 Å². The number of fused-ring (bicyclic) bond motifs is 2. The van der Waals surface area contributed by atoms with E-state index in [1.54, 1.807) is 73.2 Å². The van der Waals surface area contributed by atoms with Gasteiger partial charge in [0, 0.05) is 49.1 Å². The first-order chi connectivity index (χ1) is 36.9. The van der Waals surface area contributed by atoms with Crippen molar-refractivity contribution in [1.29, 1.82) is 0 Å². The SMILES string of the molecule is CC[C@@H](C)C(=O)N[C@H](C(=O)N1Cc2ccccc2C[C@H]1C(=O)N(Cc1ccc(C(=O)N[C@H]2C[C@@H](C(=O)N[C@@H]3CCCc4ccccc43)N(C(=O)[C@@H](NC(=O)[C@H](C)NC)C(C)(C)C)C2)cc1)[C@H](C)c1ccccc1F)C(C)(C)C. The van der Waals surface area contributed by atoms with E-state index >= 15 is 9.18 Å². The quantitative estimate of drug-likeness (QED) is 0.0720. The molecule has 0 unspecified atom stereocenters. The Hall–Kier alpha value is -6.94. The fourth-order valence-electron chi connectivity index (χ4n) is 10.9. The Balaban J connectivity index is 1.15. The number of carbonyl (C=O) groups excluding carboxylic acids is 7. The zero-order valence-electron chi connectivity index (χ0n) is 47.4. The Labute approximate surface area is 460 Å². The summed E-state index contributed by atoms with van der Waals surface area (Å²) >= 11 is 0. The number of benzene rings is 4. The summed E-state index contributed by atoms with van der Waals surface area (Å²) in [5.41, 5.74) is 3.75. The standard InChI is InChI=1S/C62H81FN8O7/c1-12-37(2)54(72)67-52(61(5,6)7)59(77)70-35-44-22-14-13-21-43(44)32-51(70)58(76)69(39(4)46-24-17-18-26-48(46)63)34-40-28-30-42(31-29-40)56(74)65-45-33-50(57(75)66-49-27-19-23-41-20-15-16-25-47(41)49)71(36-45)60(78)53(62(8,9)10)68-55(73)38(3)64-11/h13-18,20-22,24-26,28-31,37-39,45,49-53,64H,12,19,23,27,32-36H2,1-11H3,(H,65,74)(H,66,75)(H,67,72)(H,68,73)/t37-,38+,39-,45+,49-,50+,51+,52-,53-/m1/s1. The highest BCUT2D eigenvalue weighted by molar-refractivity contribution is 5.97. The topological polar surface area (TPSA) is 189 Å². The number of likely N-dealkylation sites (tertiary alicyclic amines) is 1. The first kappa shape index (κ1) is 58.7. The number of carbonyl (C=O) groups is 7. The minimum Gasteiger partial charge on any atom is -0.347 e. The molecule has 0 radical (unpaired) electrons. The van der Waals surface area contributed by atoms with Gasteiger partial charge in [-0.25, -0.2) is 4.39 Å². The molecule has 78 heavy (non-hydrogen) atoms. The lowest BCUT2D eigenvalue weighted by molar-refractivity contribution is -0.152. The van der Waals surface area contributed by atoms with Crippen LogP contribution in [0.15, 0.2) is 97.1 Å². The minimum absolute atomic E-state index is 0.00953. The van der Waals surface area contributed by atoms with Crippen molar-refractivity contribution in [1.82, 2.24) is 41.3 Å². The second kappa shape index (κ2) is 24.8. The molecule has 7 amide bonds. The number of hydrogen-bond acceptors (Lipinski definition) is 8. The number of nitrogens with zero attached hydrogens (tertiary/aromatic N) is 3. The van der Waals surface area contributed by atoms with E-state index in [1.165, 1.54) is 16.5 Å². The summed E-state index contributed by atoms with van der Waals surface area (Å²) in [7, 11) is 1.66. The van der Waals surface area contributed by atoms with E-state index in [0.717, 1.165) is 36.0 Å². The second-order valence-corrected chi connectivity index (χ2v) is 23.8. The van der Waals surface area contributed by atoms with Crippen LogP contribution < -0.4 is 26.6 Å². The van der Waals surface area contributed by atoms with Gasteiger partial charge in [0.15, 0.2) is 0 Å². The zero-order chi connectivity index (χ0) is 56.8. The molecular formula is C62H81FN8O7. The van der Waals surface area contributed by atoms with Gasteiger partial charge in [-0.3, -0.25) is 33.6 Å². The molecule has 418 valence electrons. The third kappa shape index (κ3) is 13.5. The number of likely N-dealkylation sites (N-methyl/N-ethyl adjacent to an activating group) is 1. The summed E-state index contributed by atoms with van der Waals surface area (Å²) in [6.07, 6.45) is 3.44. The normalized spacial score (nSPS) is 20.2. The summed E-state index contributed by atoms with van der Waals surface area (Å²) in [4.78, 5) is 105. The van der Waals surface area contributed by atoms with Crippen LogP contribution in [0.3, 0.4) is 0 Å². The maximum absolute atomic E-state index is 15.7. The Kier molecular flexibility index (Phi) is 18.7. The van der Waals surface area contributed by atoms with Crippen molar-refractivity contribution >= 4 is 41.4 Å². The monoisotopic (exact) mass is 1070 g/mol. The maximum Gasteiger partial charge on any atom is 0.251 e. The number of halogens is 1. The fourth-order valence-corrected chi connectivity index (χ4v) is 10.9. The average Bonchev–Trinajstić information content (AvgIpc) is 3.91. The molecule has 7 rings (SSSR count). The van der Waals surface area contributed by atoms with Gasteiger partial charge >= 0.3 is 0 Å². The van der Waals surface area contributed by atoms with Crippen molar-refractivity contribution in [3.8, 4) is 0 Å². The lowest BCUT2D eigenvalue weighted by Crippen LogP contribution is -2.61. The largest absolute Gasteiger partial charge is 0.347 e. The van der Waals surface area contributed by atoms with Gasteiger partial charge in [-0.05, 0) is 110 Å². The summed E-state index contributed by atoms with van der Waals surface area (Å²) in [5, 5.41) is 15.2. The molecule has 0 spiro atoms. The lowest BCUT2D eigenvalue weighted by atomic mass is 9.83. The molecule has 4 aromatic carbocycles. The molecule has 5 N–H and O–H groups in total. The van der Waals surface area contributed by atoms with Gasteiger partial charge in [-0.1, -0.05) is 134 Å². The zero-order valence-corrected chi connectivity index (χ0v) is 47.4. The molecule has 16 heteroatoms. The third-order valence-electron chi connectivity index (χ3n) is 16.1. The highest BCUT2D eigenvalue weighted by Gasteiger charge is 2.47. The number of nitrogens with one attached hydrogen (secondary N) is 5. The van der Waals surface area contributed by atoms with Crippen molar-refractivity contribution in [3.05, 3.63) is 142 Å². The van der Waals surface area contributed by atoms with Crippen LogP contribution >= 0.6 is 0 Å². The van der Waals surface area contributed by atoms with Crippen molar-refractivity contribution in [2.75, 3.05) is 13.6 Å². The smallest absolute Gasteiger partial charge is 0.251 e. The Bertz CT molecular complexity index is 2840. The van der Waals surface area contributed by atoms with Crippen LogP contribution in [0.5, 0.6) is 0 Å². The molecule has 9 atom stereocenters. The molecule has 4 aromatic rings. The first-order valence-electron chi connectivity index (χ1n) is 27.7. The van der Waals surface area contributed by atoms with Crippen molar-refractivity contribution < 1.29 is 38.0 Å². The third-order valence-corrected chi connectivity index (χ3v) is 16.1. The highest BCUT2D eigenvalue weighted by Crippen LogP contribution is 2.35. The van der Waals surface area contributed by atoms with E-state index < -0.39 is 82.6 Å². The number of hydrogen-bond donors (Lipinski definition) is 5. The highest BCUT2D eigenvalue weighted by atomic mass is 19.1. The molecule has 0 aromatic heterocycles. The van der Waals surface area contributed by atoms with E-state index in [-0.39, 0.29) is 73.3 Å². The summed E-state index contributed by atoms with van der Waals surface area (Å²) in [5.74, 6) is -3.46. The molecular weight excluding hydrogens is 988 g/mol. The van der Waals surface area contributed by atoms with Gasteiger partial charge in [0.2, 0.25) is 35.4 Å². The number of aryl methyl sites for hydroxylation is 1. The lowest BCUT2D eigenvalue weighted by Gasteiger charge is -2.43. The molecule has 1 fully saturated rings. The van der Waals surface area contributed by atoms with Crippen molar-refractivity contribution in [2.24, 2.45) is 16.7 Å². The van der Waals surface area contributed by atoms with Crippen LogP contribution in [-0.2, 0) is 54.7 Å². The number of rotatable bonds is 17. The van der Waals surface area contributed by atoms with Crippen LogP contribution in [0.2, 0.25) is 0 Å². The Morgan fingerprint density at radius 3 is 1.92 bits per heavy atom. The maximum atomic E-state index is 15.7. The Morgan fingerprint density at radius 2 is 1.29 bits per heavy atom. The first-order valence-corrected chi connectivity index (χ1v) is 27.7. The van der Waals surface area contributed by atoms with E-state index in [1.807, 2.05) is 97.9 Å². The van der Waals surface area contributed by atoms with Crippen LogP contribution in [0.25, 0.3) is 0 Å². The molecule has 1 aliphatic carbocycles. The molecule has 15 nitrogen and oxygen atoms in total. The predicted molar refractivity (Wildman–Crippen MR) is 299 cm³/mol.